The van der Waals surface area contributed by atoms with Crippen LogP contribution in [0.2, 0.25) is 0 Å². The first-order valence-corrected chi connectivity index (χ1v) is 54.2. The zero-order valence-corrected chi connectivity index (χ0v) is 95.2. The lowest BCUT2D eigenvalue weighted by Crippen LogP contribution is -2.43. The number of likely N-dealkylation sites (N-methyl/N-ethyl adjacent to an activating group) is 2. The van der Waals surface area contributed by atoms with E-state index in [-0.39, 0.29) is 35.1 Å². The molecule has 0 bridgehead atoms. The molecule has 6 N–H and O–H groups in total. The summed E-state index contributed by atoms with van der Waals surface area (Å²) in [4.78, 5) is 69.2. The maximum Gasteiger partial charge on any atom is 0.255 e. The second kappa shape index (κ2) is 95.9. The van der Waals surface area contributed by atoms with Gasteiger partial charge >= 0.3 is 0 Å². The van der Waals surface area contributed by atoms with Gasteiger partial charge in [0.1, 0.15) is 18.1 Å². The van der Waals surface area contributed by atoms with Crippen LogP contribution in [0.5, 0.6) is 5.75 Å². The number of pyridine rings is 1. The fourth-order valence-corrected chi connectivity index (χ4v) is 13.7. The molecule has 1 aromatic heterocycles. The number of rotatable bonds is 30. The molecule has 4 saturated heterocycles. The van der Waals surface area contributed by atoms with Crippen LogP contribution in [0.3, 0.4) is 0 Å². The highest BCUT2D eigenvalue weighted by molar-refractivity contribution is 6.04. The lowest BCUT2D eigenvalue weighted by Gasteiger charge is -2.32. The van der Waals surface area contributed by atoms with Gasteiger partial charge in [-0.05, 0) is 200 Å². The number of Topliss-reactive ketones (excluding diaryl/α,β-unsaturated/α-hetero) is 3. The van der Waals surface area contributed by atoms with Crippen molar-refractivity contribution >= 4 is 28.9 Å². The Morgan fingerprint density at radius 3 is 1.10 bits per heavy atom. The molecule has 0 spiro atoms. The van der Waals surface area contributed by atoms with Gasteiger partial charge in [0.25, 0.3) is 5.91 Å². The van der Waals surface area contributed by atoms with Crippen LogP contribution >= 0.6 is 0 Å². The maximum atomic E-state index is 12.8. The summed E-state index contributed by atoms with van der Waals surface area (Å²) in [6.45, 7) is 74.7. The Morgan fingerprint density at radius 2 is 0.743 bits per heavy atom. The quantitative estimate of drug-likeness (QED) is 0.0184. The molecular formula is C126H200N12O6. The van der Waals surface area contributed by atoms with Crippen molar-refractivity contribution in [1.29, 1.82) is 0 Å². The second-order valence-corrected chi connectivity index (χ2v) is 30.3. The van der Waals surface area contributed by atoms with Crippen LogP contribution in [0.4, 0.5) is 5.69 Å². The van der Waals surface area contributed by atoms with Crippen LogP contribution in [0.25, 0.3) is 0 Å². The minimum atomic E-state index is -0.223. The summed E-state index contributed by atoms with van der Waals surface area (Å²) < 4.78 is 5.84. The van der Waals surface area contributed by atoms with Gasteiger partial charge in [-0.2, -0.15) is 0 Å². The first-order chi connectivity index (χ1) is 70.6. The highest BCUT2D eigenvalue weighted by Crippen LogP contribution is 2.22. The number of ketones is 3. The third-order valence-corrected chi connectivity index (χ3v) is 20.6. The van der Waals surface area contributed by atoms with Crippen LogP contribution in [-0.2, 0) is 38.9 Å². The van der Waals surface area contributed by atoms with Crippen molar-refractivity contribution in [3.05, 3.63) is 315 Å². The van der Waals surface area contributed by atoms with E-state index >= 15 is 0 Å². The minimum absolute atomic E-state index is 0. The third kappa shape index (κ3) is 63.3. The summed E-state index contributed by atoms with van der Waals surface area (Å²) >= 11 is 0. The third-order valence-electron chi connectivity index (χ3n) is 20.6. The van der Waals surface area contributed by atoms with Gasteiger partial charge in [0.2, 0.25) is 0 Å². The number of aromatic nitrogens is 1. The standard InChI is InChI=1S/C27H33N3O.C26H31N3O.C26H30N2O2.C23H26N4O2.12C2H6.4H2/c1-4-28-16-6-5-8-22-9-7-10-25(18-22)27(31)19-23-11-13-24(14-12-23)20-30-17-15-26(21-30)29(2)3;1-3-27-14-5-4-7-22-8-6-9-25(19-22)26(30)20-23-10-12-24(13-11-23)21-29-17-15-28(2)16-18-29;1-2-27-15-4-3-8-22-9-7-10-24(20-22)26(29)21-23-11-13-25(14-12-23)30-19-18-28-16-5-6-17-28;1-2-24-12-4-3-5-20-15-21(10-13-25-20)26-23(29)19-8-6-18(7-9-19)16-27-14-11-22(28)17-27;12*1-2;;;;/h6-7,9-14,16,18,26,28H,4,15,17,19-21H2,1-3H3;5-6,8-14,19,27H,3,15-18,20-21H2,1-2H3;4,7,9-15,20,27H,2,5-6,16-19,21H2,1H3;4,6-10,12-13,15,22,24,28H,2,11,14,16-17H2,1H3,(H,25,26,29);12*1-2H3;4*1H/b16-6+;14-5+;15-4+;12-4+;;;;;;;;;;;;;;;;/t26-;;;22-;;;;;;;;;;;;;;;;/m1..1................/s1/i;;;;;;;;;;;;;;;;4*1+2. The number of carbonyl (C=O) groups is 4. The molecule has 2 atom stereocenters. The molecule has 4 aliphatic rings. The number of likely N-dealkylation sites (tertiary alicyclic amines) is 3. The fourth-order valence-electron chi connectivity index (χ4n) is 13.7. The zero-order chi connectivity index (χ0) is 109. The van der Waals surface area contributed by atoms with Crippen molar-refractivity contribution in [3.63, 3.8) is 0 Å². The molecular weight excluding hydrogens is 1780 g/mol. The number of anilines is 1. The number of ether oxygens (including phenoxy) is 1. The molecule has 1 amide bonds. The molecule has 5 heterocycles. The number of aliphatic hydroxyl groups is 1. The number of amides is 1. The zero-order valence-electron chi connectivity index (χ0n) is 95.2. The molecule has 0 saturated carbocycles. The van der Waals surface area contributed by atoms with Crippen molar-refractivity contribution in [2.45, 2.75) is 271 Å². The molecule has 800 valence electrons. The minimum Gasteiger partial charge on any atom is -0.492 e. The highest BCUT2D eigenvalue weighted by Gasteiger charge is 2.25. The number of hydrogen-bond donors (Lipinski definition) is 6. The molecule has 12 rings (SSSR count). The fraction of sp³-hybridized carbons (Fsp3) is 0.468. The number of piperazine rings is 1. The molecule has 0 aliphatic carbocycles. The predicted octanol–water partition coefficient (Wildman–Crippen LogP) is 26.8. The van der Waals surface area contributed by atoms with Crippen molar-refractivity contribution in [2.75, 3.05) is 131 Å². The van der Waals surface area contributed by atoms with Crippen molar-refractivity contribution in [3.8, 4) is 53.1 Å². The summed E-state index contributed by atoms with van der Waals surface area (Å²) in [6, 6.07) is 59.1. The Hall–Kier alpha value is -11.9. The SMILES string of the molecule is CC.CC.CC.CC.CC.CC.CC.CC.CC.CC.CC.CC.CCN/C=C/C#Cc1cc(NC(=O)c2ccc(CN3CC[C@@H](O)C3)cc2)ccn1.CCN/C=C/C#Cc1cccc(C(=O)Cc2ccc(CN3CCN(C)CC3)cc2)c1.CCN/C=C/C#Cc1cccc(C(=O)Cc2ccc(CN3CC[C@@H](N(C)C)C3)cc2)c1.CCN/C=C/C#Cc1cccc(C(=O)Cc2ccc(OCCN3CCCC3)cc2)c1.[3HH].[3HH].[3HH].[3HH]. The number of nitrogens with zero attached hydrogens (tertiary/aromatic N) is 7. The molecule has 7 aromatic carbocycles. The first kappa shape index (κ1) is 138. The van der Waals surface area contributed by atoms with Gasteiger partial charge in [0.05, 0.1) is 6.10 Å². The molecule has 144 heavy (non-hydrogen) atoms. The van der Waals surface area contributed by atoms with Crippen LogP contribution in [0, 0.1) is 47.4 Å². The molecule has 8 aromatic rings. The van der Waals surface area contributed by atoms with Gasteiger partial charge in [0, 0.05) is 236 Å². The number of benzene rings is 7. The Bertz CT molecular complexity index is 4950. The van der Waals surface area contributed by atoms with Gasteiger partial charge in [-0.15, -0.1) is 0 Å². The predicted molar refractivity (Wildman–Crippen MR) is 632 cm³/mol. The number of aliphatic hydroxyl groups excluding tert-OH is 1. The molecule has 0 radical (unpaired) electrons. The van der Waals surface area contributed by atoms with E-state index < -0.39 is 0 Å². The average Bonchev–Trinajstić information content (AvgIpc) is 1.46. The van der Waals surface area contributed by atoms with E-state index in [4.69, 9.17) is 4.74 Å². The van der Waals surface area contributed by atoms with Crippen LogP contribution in [0.15, 0.2) is 237 Å². The van der Waals surface area contributed by atoms with E-state index in [0.29, 0.717) is 72.1 Å². The molecule has 0 unspecified atom stereocenters. The van der Waals surface area contributed by atoms with E-state index in [1.807, 2.05) is 334 Å². The van der Waals surface area contributed by atoms with E-state index in [1.54, 1.807) is 48.8 Å². The Labute approximate surface area is 884 Å². The number of β-amino-alcohol motifs (C(OH)–C–C–N with tert-alkyl or cyclic N) is 1. The first-order valence-electron chi connectivity index (χ1n) is 54.2. The molecule has 4 aliphatic heterocycles. The van der Waals surface area contributed by atoms with E-state index in [0.717, 1.165) is 149 Å². The van der Waals surface area contributed by atoms with Crippen molar-refractivity contribution in [2.24, 2.45) is 0 Å². The van der Waals surface area contributed by atoms with Crippen LogP contribution in [0.1, 0.15) is 322 Å². The molecule has 18 nitrogen and oxygen atoms in total. The van der Waals surface area contributed by atoms with Gasteiger partial charge in [-0.1, -0.05) is 317 Å². The van der Waals surface area contributed by atoms with Crippen molar-refractivity contribution in [1.82, 2.24) is 55.7 Å². The topological polar surface area (TPSA) is 190 Å². The van der Waals surface area contributed by atoms with E-state index in [1.165, 1.54) is 43.5 Å². The van der Waals surface area contributed by atoms with E-state index in [9.17, 15) is 24.3 Å². The van der Waals surface area contributed by atoms with E-state index in [2.05, 4.69) is 178 Å². The van der Waals surface area contributed by atoms with Gasteiger partial charge < -0.3 is 46.2 Å². The summed E-state index contributed by atoms with van der Waals surface area (Å²) in [5.41, 5.74) is 13.3. The monoisotopic (exact) mass is 1990 g/mol. The lowest BCUT2D eigenvalue weighted by atomic mass is 10.0. The largest absolute Gasteiger partial charge is 0.492 e. The molecule has 18 heteroatoms. The highest BCUT2D eigenvalue weighted by atomic mass is 16.5. The summed E-state index contributed by atoms with van der Waals surface area (Å²) in [6.07, 6.45) is 21.6. The summed E-state index contributed by atoms with van der Waals surface area (Å²) in [5, 5.41) is 24.8. The second-order valence-electron chi connectivity index (χ2n) is 30.3. The van der Waals surface area contributed by atoms with Gasteiger partial charge in [0.15, 0.2) is 17.3 Å². The number of hydrogen-bond acceptors (Lipinski definition) is 17. The van der Waals surface area contributed by atoms with Gasteiger partial charge in [-0.25, -0.2) is 4.98 Å². The molecule has 4 fully saturated rings. The number of carbonyl (C=O) groups excluding carboxylic acids is 4. The maximum absolute atomic E-state index is 12.8. The Balaban J connectivity index is -0.000000272. The van der Waals surface area contributed by atoms with Crippen LogP contribution < -0.4 is 31.3 Å². The Kier molecular flexibility index (Phi) is 92.1. The lowest BCUT2D eigenvalue weighted by molar-refractivity contribution is 0.0984. The number of allylic oxidation sites excluding steroid dienone is 4. The smallest absolute Gasteiger partial charge is 0.255 e. The normalized spacial score (nSPS) is 13.3. The van der Waals surface area contributed by atoms with Crippen LogP contribution in [-0.4, -0.2) is 201 Å². The Morgan fingerprint density at radius 1 is 0.396 bits per heavy atom. The van der Waals surface area contributed by atoms with Crippen molar-refractivity contribution < 1.29 is 34.7 Å². The summed E-state index contributed by atoms with van der Waals surface area (Å²) in [5.74, 6) is 25.0. The average molecular weight is 1990 g/mol. The van der Waals surface area contributed by atoms with Gasteiger partial charge in [-0.3, -0.25) is 38.8 Å². The number of nitrogens with one attached hydrogen (secondary N) is 5. The summed E-state index contributed by atoms with van der Waals surface area (Å²) in [7, 11) is 6.49.